The Kier molecular flexibility index (Phi) is 6.22. The van der Waals surface area contributed by atoms with Crippen LogP contribution in [0.2, 0.25) is 0 Å². The second-order valence-electron chi connectivity index (χ2n) is 8.16. The van der Waals surface area contributed by atoms with Gasteiger partial charge in [-0.15, -0.1) is 25.6 Å². The molecule has 1 saturated carbocycles. The SMILES string of the molecule is Cl.O=C(c1cnc(Nc2cccc(OC(F)(F)F)c2)c2c1C1CCC2C1)N1CCOCC1. The highest BCUT2D eigenvalue weighted by Crippen LogP contribution is 2.56. The van der Waals surface area contributed by atoms with Crippen LogP contribution in [0.1, 0.15) is 52.6 Å². The maximum Gasteiger partial charge on any atom is 0.573 e. The number of ether oxygens (including phenoxy) is 2. The summed E-state index contributed by atoms with van der Waals surface area (Å²) in [4.78, 5) is 19.5. The minimum absolute atomic E-state index is 0. The molecule has 172 valence electrons. The molecule has 3 aliphatic rings. The number of amides is 1. The van der Waals surface area contributed by atoms with E-state index in [0.29, 0.717) is 55.2 Å². The zero-order valence-electron chi connectivity index (χ0n) is 17.2. The highest BCUT2D eigenvalue weighted by molar-refractivity contribution is 5.97. The molecule has 2 aromatic rings. The summed E-state index contributed by atoms with van der Waals surface area (Å²) in [5.74, 6) is 0.914. The van der Waals surface area contributed by atoms with E-state index >= 15 is 0 Å². The zero-order valence-corrected chi connectivity index (χ0v) is 18.0. The minimum Gasteiger partial charge on any atom is -0.406 e. The molecule has 2 atom stereocenters. The molecule has 1 N–H and O–H groups in total. The van der Waals surface area contributed by atoms with Gasteiger partial charge >= 0.3 is 6.36 Å². The van der Waals surface area contributed by atoms with Gasteiger partial charge in [-0.1, -0.05) is 6.07 Å². The largest absolute Gasteiger partial charge is 0.573 e. The van der Waals surface area contributed by atoms with Gasteiger partial charge in [-0.05, 0) is 48.8 Å². The molecule has 2 heterocycles. The first kappa shape index (κ1) is 22.7. The van der Waals surface area contributed by atoms with Gasteiger partial charge < -0.3 is 19.7 Å². The number of anilines is 2. The van der Waals surface area contributed by atoms with E-state index < -0.39 is 6.36 Å². The Morgan fingerprint density at radius 1 is 1.16 bits per heavy atom. The van der Waals surface area contributed by atoms with Gasteiger partial charge in [0, 0.05) is 36.6 Å². The number of aromatic nitrogens is 1. The van der Waals surface area contributed by atoms with Crippen molar-refractivity contribution in [1.82, 2.24) is 9.88 Å². The molecular weight excluding hydrogens is 447 g/mol. The van der Waals surface area contributed by atoms with E-state index in [2.05, 4.69) is 15.0 Å². The molecule has 1 aromatic carbocycles. The van der Waals surface area contributed by atoms with Gasteiger partial charge in [0.15, 0.2) is 0 Å². The Bertz CT molecular complexity index is 1010. The monoisotopic (exact) mass is 469 g/mol. The molecule has 6 nitrogen and oxygen atoms in total. The van der Waals surface area contributed by atoms with Gasteiger partial charge in [0.05, 0.1) is 18.8 Å². The number of alkyl halides is 3. The molecule has 10 heteroatoms. The molecule has 1 aromatic heterocycles. The lowest BCUT2D eigenvalue weighted by molar-refractivity contribution is -0.274. The second kappa shape index (κ2) is 8.78. The molecule has 2 aliphatic carbocycles. The van der Waals surface area contributed by atoms with Crippen molar-refractivity contribution in [3.05, 3.63) is 47.2 Å². The van der Waals surface area contributed by atoms with Crippen LogP contribution in [0.3, 0.4) is 0 Å². The van der Waals surface area contributed by atoms with Gasteiger partial charge in [-0.25, -0.2) is 4.98 Å². The average molecular weight is 470 g/mol. The van der Waals surface area contributed by atoms with Crippen LogP contribution in [0.25, 0.3) is 0 Å². The molecule has 5 rings (SSSR count). The topological polar surface area (TPSA) is 63.7 Å². The summed E-state index contributed by atoms with van der Waals surface area (Å²) in [6, 6.07) is 5.70. The lowest BCUT2D eigenvalue weighted by atomic mass is 9.88. The van der Waals surface area contributed by atoms with Crippen molar-refractivity contribution in [2.75, 3.05) is 31.6 Å². The Balaban J connectivity index is 0.00000245. The Morgan fingerprint density at radius 2 is 1.88 bits per heavy atom. The summed E-state index contributed by atoms with van der Waals surface area (Å²) < 4.78 is 47.0. The van der Waals surface area contributed by atoms with Crippen LogP contribution >= 0.6 is 12.4 Å². The highest BCUT2D eigenvalue weighted by Gasteiger charge is 2.42. The molecule has 2 bridgehead atoms. The number of halogens is 4. The summed E-state index contributed by atoms with van der Waals surface area (Å²) in [5.41, 5.74) is 3.17. The number of morpholine rings is 1. The molecule has 2 unspecified atom stereocenters. The van der Waals surface area contributed by atoms with E-state index in [4.69, 9.17) is 4.74 Å². The Hall–Kier alpha value is -2.52. The number of carbonyl (C=O) groups is 1. The molecular formula is C22H23ClF3N3O3. The fourth-order valence-corrected chi connectivity index (χ4v) is 5.01. The number of fused-ring (bicyclic) bond motifs is 5. The number of carbonyl (C=O) groups excluding carboxylic acids is 1. The van der Waals surface area contributed by atoms with Crippen molar-refractivity contribution in [1.29, 1.82) is 0 Å². The molecule has 1 aliphatic heterocycles. The van der Waals surface area contributed by atoms with Gasteiger partial charge in [-0.3, -0.25) is 4.79 Å². The number of hydrogen-bond donors (Lipinski definition) is 1. The molecule has 0 spiro atoms. The minimum atomic E-state index is -4.75. The third kappa shape index (κ3) is 4.36. The summed E-state index contributed by atoms with van der Waals surface area (Å²) in [5, 5.41) is 3.16. The average Bonchev–Trinajstić information content (AvgIpc) is 3.36. The normalized spacial score (nSPS) is 21.7. The molecule has 0 radical (unpaired) electrons. The van der Waals surface area contributed by atoms with Gasteiger partial charge in [0.2, 0.25) is 0 Å². The first-order chi connectivity index (χ1) is 14.9. The van der Waals surface area contributed by atoms with Gasteiger partial charge in [0.25, 0.3) is 5.91 Å². The molecule has 2 fully saturated rings. The lowest BCUT2D eigenvalue weighted by Crippen LogP contribution is -2.41. The Morgan fingerprint density at radius 3 is 2.59 bits per heavy atom. The van der Waals surface area contributed by atoms with E-state index in [1.165, 1.54) is 18.2 Å². The summed E-state index contributed by atoms with van der Waals surface area (Å²) in [6.07, 6.45) is -0.0926. The summed E-state index contributed by atoms with van der Waals surface area (Å²) in [6.45, 7) is 2.19. The third-order valence-corrected chi connectivity index (χ3v) is 6.27. The molecule has 1 amide bonds. The van der Waals surface area contributed by atoms with E-state index in [9.17, 15) is 18.0 Å². The van der Waals surface area contributed by atoms with Crippen LogP contribution in [0.4, 0.5) is 24.7 Å². The maximum absolute atomic E-state index is 13.2. The fraction of sp³-hybridized carbons (Fsp3) is 0.455. The first-order valence-corrected chi connectivity index (χ1v) is 10.4. The fourth-order valence-electron chi connectivity index (χ4n) is 5.01. The van der Waals surface area contributed by atoms with Crippen molar-refractivity contribution in [3.8, 4) is 5.75 Å². The number of pyridine rings is 1. The smallest absolute Gasteiger partial charge is 0.406 e. The number of benzene rings is 1. The quantitative estimate of drug-likeness (QED) is 0.684. The second-order valence-corrected chi connectivity index (χ2v) is 8.16. The Labute approximate surface area is 189 Å². The standard InChI is InChI=1S/C22H22F3N3O3.ClH/c23-22(24,25)31-16-3-1-2-15(11-16)27-20-19-14-5-4-13(10-14)18(19)17(12-26-20)21(29)28-6-8-30-9-7-28;/h1-3,11-14H,4-10H2,(H,26,27);1H. The van der Waals surface area contributed by atoms with E-state index in [0.717, 1.165) is 30.4 Å². The van der Waals surface area contributed by atoms with Crippen molar-refractivity contribution < 1.29 is 27.4 Å². The summed E-state index contributed by atoms with van der Waals surface area (Å²) in [7, 11) is 0. The zero-order chi connectivity index (χ0) is 21.6. The van der Waals surface area contributed by atoms with Crippen molar-refractivity contribution in [3.63, 3.8) is 0 Å². The van der Waals surface area contributed by atoms with Crippen molar-refractivity contribution in [2.45, 2.75) is 37.5 Å². The first-order valence-electron chi connectivity index (χ1n) is 10.4. The third-order valence-electron chi connectivity index (χ3n) is 6.27. The van der Waals surface area contributed by atoms with Crippen LogP contribution < -0.4 is 10.1 Å². The number of nitrogens with zero attached hydrogens (tertiary/aromatic N) is 2. The summed E-state index contributed by atoms with van der Waals surface area (Å²) >= 11 is 0. The maximum atomic E-state index is 13.2. The predicted octanol–water partition coefficient (Wildman–Crippen LogP) is 4.98. The molecule has 32 heavy (non-hydrogen) atoms. The van der Waals surface area contributed by atoms with E-state index in [1.807, 2.05) is 0 Å². The predicted molar refractivity (Wildman–Crippen MR) is 114 cm³/mol. The lowest BCUT2D eigenvalue weighted by Gasteiger charge is -2.29. The van der Waals surface area contributed by atoms with Crippen LogP contribution in [-0.4, -0.2) is 48.5 Å². The van der Waals surface area contributed by atoms with Crippen LogP contribution in [-0.2, 0) is 4.74 Å². The number of rotatable bonds is 4. The van der Waals surface area contributed by atoms with Gasteiger partial charge in [0.1, 0.15) is 11.6 Å². The van der Waals surface area contributed by atoms with E-state index in [1.54, 1.807) is 17.2 Å². The number of nitrogens with one attached hydrogen (secondary N) is 1. The van der Waals surface area contributed by atoms with E-state index in [-0.39, 0.29) is 24.1 Å². The van der Waals surface area contributed by atoms with Crippen molar-refractivity contribution in [2.24, 2.45) is 0 Å². The van der Waals surface area contributed by atoms with Crippen LogP contribution in [0, 0.1) is 0 Å². The van der Waals surface area contributed by atoms with Gasteiger partial charge in [-0.2, -0.15) is 0 Å². The number of hydrogen-bond acceptors (Lipinski definition) is 5. The van der Waals surface area contributed by atoms with Crippen LogP contribution in [0.15, 0.2) is 30.5 Å². The highest BCUT2D eigenvalue weighted by atomic mass is 35.5. The van der Waals surface area contributed by atoms with Crippen LogP contribution in [0.5, 0.6) is 5.75 Å². The van der Waals surface area contributed by atoms with Crippen molar-refractivity contribution >= 4 is 29.8 Å². The molecule has 1 saturated heterocycles.